The quantitative estimate of drug-likeness (QED) is 0.562. The third-order valence-electron chi connectivity index (χ3n) is 4.81. The van der Waals surface area contributed by atoms with Crippen LogP contribution in [0.5, 0.6) is 0 Å². The highest BCUT2D eigenvalue weighted by atomic mass is 16.2. The number of aromatic nitrogens is 2. The Morgan fingerprint density at radius 2 is 1.81 bits per heavy atom. The highest BCUT2D eigenvalue weighted by Crippen LogP contribution is 2.30. The molecule has 0 aliphatic heterocycles. The van der Waals surface area contributed by atoms with Gasteiger partial charge in [-0.25, -0.2) is 10.4 Å². The van der Waals surface area contributed by atoms with Crippen LogP contribution in [0.4, 0.5) is 0 Å². The summed E-state index contributed by atoms with van der Waals surface area (Å²) in [6.45, 7) is 1.77. The molecule has 1 N–H and O–H groups in total. The van der Waals surface area contributed by atoms with Crippen LogP contribution in [0.2, 0.25) is 0 Å². The van der Waals surface area contributed by atoms with Crippen molar-refractivity contribution in [2.24, 2.45) is 5.10 Å². The fourth-order valence-corrected chi connectivity index (χ4v) is 3.64. The first-order valence-electron chi connectivity index (χ1n) is 8.53. The molecule has 5 rings (SSSR count). The van der Waals surface area contributed by atoms with E-state index < -0.39 is 5.91 Å². The molecule has 0 saturated carbocycles. The van der Waals surface area contributed by atoms with Crippen molar-refractivity contribution in [1.82, 2.24) is 14.8 Å². The van der Waals surface area contributed by atoms with E-state index in [0.29, 0.717) is 22.6 Å². The maximum atomic E-state index is 12.8. The molecular weight excluding hydrogens is 340 g/mol. The second-order valence-electron chi connectivity index (χ2n) is 6.41. The number of hydrogen-bond acceptors (Lipinski definition) is 4. The summed E-state index contributed by atoms with van der Waals surface area (Å²) in [4.78, 5) is 29.9. The lowest BCUT2D eigenvalue weighted by molar-refractivity contribution is 0.0948. The molecule has 2 heterocycles. The highest BCUT2D eigenvalue weighted by Gasteiger charge is 2.29. The zero-order valence-corrected chi connectivity index (χ0v) is 14.4. The average Bonchev–Trinajstić information content (AvgIpc) is 3.16. The average molecular weight is 354 g/mol. The van der Waals surface area contributed by atoms with Gasteiger partial charge in [0.05, 0.1) is 5.69 Å². The Hall–Kier alpha value is -3.80. The number of amides is 1. The fraction of sp³-hybridized carbons (Fsp3) is 0.0476. The molecule has 6 heteroatoms. The molecule has 6 nitrogen and oxygen atoms in total. The summed E-state index contributed by atoms with van der Waals surface area (Å²) in [5.74, 6) is -0.591. The number of imidazole rings is 1. The molecule has 0 saturated heterocycles. The van der Waals surface area contributed by atoms with Crippen molar-refractivity contribution in [1.29, 1.82) is 0 Å². The van der Waals surface area contributed by atoms with E-state index in [-0.39, 0.29) is 11.5 Å². The molecule has 1 amide bonds. The molecule has 0 unspecified atom stereocenters. The summed E-state index contributed by atoms with van der Waals surface area (Å²) in [5, 5.41) is 6.03. The molecule has 0 spiro atoms. The Kier molecular flexibility index (Phi) is 3.21. The molecule has 130 valence electrons. The lowest BCUT2D eigenvalue weighted by atomic mass is 10.1. The number of aryl methyl sites for hydroxylation is 1. The van der Waals surface area contributed by atoms with Gasteiger partial charge in [0.25, 0.3) is 5.91 Å². The third-order valence-corrected chi connectivity index (χ3v) is 4.81. The molecule has 0 fully saturated rings. The van der Waals surface area contributed by atoms with E-state index in [4.69, 9.17) is 0 Å². The largest absolute Gasteiger partial charge is 0.295 e. The van der Waals surface area contributed by atoms with E-state index in [9.17, 15) is 9.59 Å². The minimum Gasteiger partial charge on any atom is -0.295 e. The molecule has 27 heavy (non-hydrogen) atoms. The summed E-state index contributed by atoms with van der Waals surface area (Å²) >= 11 is 0. The van der Waals surface area contributed by atoms with Gasteiger partial charge in [-0.2, -0.15) is 5.10 Å². The number of nitrogens with zero attached hydrogens (tertiary/aromatic N) is 3. The Bertz CT molecular complexity index is 1300. The number of carbonyl (C=O) groups is 2. The van der Waals surface area contributed by atoms with E-state index in [1.165, 1.54) is 0 Å². The monoisotopic (exact) mass is 354 g/mol. The summed E-state index contributed by atoms with van der Waals surface area (Å²) in [5.41, 5.74) is 5.82. The number of ketones is 1. The Morgan fingerprint density at radius 3 is 2.63 bits per heavy atom. The van der Waals surface area contributed by atoms with E-state index in [1.54, 1.807) is 23.6 Å². The first-order valence-corrected chi connectivity index (χ1v) is 8.53. The normalized spacial score (nSPS) is 14.4. The van der Waals surface area contributed by atoms with Crippen LogP contribution in [0.3, 0.4) is 0 Å². The minimum absolute atomic E-state index is 0.183. The zero-order chi connectivity index (χ0) is 18.5. The van der Waals surface area contributed by atoms with Crippen LogP contribution in [0.1, 0.15) is 32.1 Å². The van der Waals surface area contributed by atoms with E-state index >= 15 is 0 Å². The molecule has 2 aromatic carbocycles. The lowest BCUT2D eigenvalue weighted by Crippen LogP contribution is -2.24. The minimum atomic E-state index is -0.408. The van der Waals surface area contributed by atoms with Crippen LogP contribution in [-0.4, -0.2) is 26.8 Å². The van der Waals surface area contributed by atoms with Gasteiger partial charge in [-0.15, -0.1) is 0 Å². The molecule has 0 atom stereocenters. The van der Waals surface area contributed by atoms with Crippen molar-refractivity contribution in [2.45, 2.75) is 6.92 Å². The first kappa shape index (κ1) is 15.5. The van der Waals surface area contributed by atoms with Gasteiger partial charge in [0.15, 0.2) is 0 Å². The molecule has 4 aromatic rings. The predicted molar refractivity (Wildman–Crippen MR) is 102 cm³/mol. The number of benzene rings is 2. The Morgan fingerprint density at radius 1 is 1.04 bits per heavy atom. The Balaban J connectivity index is 1.55. The predicted octanol–water partition coefficient (Wildman–Crippen LogP) is 3.13. The van der Waals surface area contributed by atoms with Crippen LogP contribution in [-0.2, 0) is 0 Å². The zero-order valence-electron chi connectivity index (χ0n) is 14.4. The molecule has 1 aliphatic carbocycles. The number of nitrogens with one attached hydrogen (secondary N) is 1. The summed E-state index contributed by atoms with van der Waals surface area (Å²) in [6.07, 6.45) is 1.77. The van der Waals surface area contributed by atoms with Crippen LogP contribution in [0.25, 0.3) is 16.4 Å². The number of hydrogen-bond donors (Lipinski definition) is 1. The number of carbonyl (C=O) groups excluding carboxylic acids is 2. The van der Waals surface area contributed by atoms with Gasteiger partial charge in [-0.3, -0.25) is 14.0 Å². The maximum absolute atomic E-state index is 12.8. The second-order valence-corrected chi connectivity index (χ2v) is 6.41. The fourth-order valence-electron chi connectivity index (χ4n) is 3.64. The van der Waals surface area contributed by atoms with E-state index in [2.05, 4.69) is 15.5 Å². The van der Waals surface area contributed by atoms with Crippen molar-refractivity contribution in [3.63, 3.8) is 0 Å². The first-order chi connectivity index (χ1) is 13.1. The third kappa shape index (κ3) is 2.20. The number of rotatable bonds is 2. The van der Waals surface area contributed by atoms with Gasteiger partial charge in [-0.1, -0.05) is 42.5 Å². The smallest absolute Gasteiger partial charge is 0.290 e. The second kappa shape index (κ2) is 5.60. The van der Waals surface area contributed by atoms with Crippen molar-refractivity contribution in [2.75, 3.05) is 0 Å². The van der Waals surface area contributed by atoms with Crippen molar-refractivity contribution < 1.29 is 9.59 Å². The van der Waals surface area contributed by atoms with Crippen molar-refractivity contribution >= 4 is 33.8 Å². The number of pyridine rings is 1. The van der Waals surface area contributed by atoms with Crippen molar-refractivity contribution in [3.8, 4) is 0 Å². The van der Waals surface area contributed by atoms with Crippen LogP contribution >= 0.6 is 0 Å². The summed E-state index contributed by atoms with van der Waals surface area (Å²) in [6, 6.07) is 16.8. The highest BCUT2D eigenvalue weighted by molar-refractivity contribution is 6.59. The van der Waals surface area contributed by atoms with Crippen molar-refractivity contribution in [3.05, 3.63) is 83.3 Å². The van der Waals surface area contributed by atoms with Gasteiger partial charge in [-0.05, 0) is 24.4 Å². The van der Waals surface area contributed by atoms with E-state index in [1.807, 2.05) is 48.5 Å². The number of fused-ring (bicyclic) bond motifs is 1. The SMILES string of the molecule is Cc1nc2ccccn2c1C(=O)N/N=C1/C(=O)c2cccc3cccc1c23. The molecule has 0 bridgehead atoms. The standard InChI is InChI=1S/C21H14N4O2/c1-12-19(25-11-3-2-10-16(25)22-12)21(27)24-23-18-14-8-4-6-13-7-5-9-15(17(13)14)20(18)26/h2-11H,1H3,(H,24,27)/b23-18+. The lowest BCUT2D eigenvalue weighted by Gasteiger charge is -2.03. The molecule has 2 aromatic heterocycles. The van der Waals surface area contributed by atoms with Crippen LogP contribution in [0.15, 0.2) is 65.9 Å². The molecule has 1 aliphatic rings. The Labute approximate surface area is 154 Å². The molecule has 0 radical (unpaired) electrons. The van der Waals surface area contributed by atoms with Crippen LogP contribution in [0, 0.1) is 6.92 Å². The number of Topliss-reactive ketones (excluding diaryl/α,β-unsaturated/α-hetero) is 1. The van der Waals surface area contributed by atoms with Gasteiger partial charge < -0.3 is 0 Å². The van der Waals surface area contributed by atoms with Gasteiger partial charge in [0.2, 0.25) is 5.78 Å². The summed E-state index contributed by atoms with van der Waals surface area (Å²) < 4.78 is 1.71. The summed E-state index contributed by atoms with van der Waals surface area (Å²) in [7, 11) is 0. The van der Waals surface area contributed by atoms with Gasteiger partial charge >= 0.3 is 0 Å². The van der Waals surface area contributed by atoms with Crippen LogP contribution < -0.4 is 5.43 Å². The maximum Gasteiger partial charge on any atom is 0.290 e. The number of hydrazone groups is 1. The van der Waals surface area contributed by atoms with Gasteiger partial charge in [0.1, 0.15) is 17.1 Å². The van der Waals surface area contributed by atoms with E-state index in [0.717, 1.165) is 16.3 Å². The topological polar surface area (TPSA) is 75.8 Å². The van der Waals surface area contributed by atoms with Gasteiger partial charge in [0, 0.05) is 22.7 Å². The molecular formula is C21H14N4O2.